The molecule has 1 fully saturated rings. The van der Waals surface area contributed by atoms with E-state index in [9.17, 15) is 4.79 Å². The average molecular weight is 253 g/mol. The zero-order valence-corrected chi connectivity index (χ0v) is 10.5. The lowest BCUT2D eigenvalue weighted by Gasteiger charge is -2.07. The topological polar surface area (TPSA) is 39.2 Å². The van der Waals surface area contributed by atoms with Crippen LogP contribution in [0.15, 0.2) is 48.8 Å². The second-order valence-corrected chi connectivity index (χ2v) is 4.87. The molecule has 1 aromatic heterocycles. The molecule has 0 amide bonds. The smallest absolute Gasteiger partial charge is 0.138 e. The number of carbonyl (C=O) groups excluding carboxylic acids is 1. The van der Waals surface area contributed by atoms with Crippen LogP contribution in [0.2, 0.25) is 0 Å². The third-order valence-electron chi connectivity index (χ3n) is 3.43. The van der Waals surface area contributed by atoms with Gasteiger partial charge in [-0.25, -0.2) is 0 Å². The number of hydrogen-bond donors (Lipinski definition) is 0. The summed E-state index contributed by atoms with van der Waals surface area (Å²) in [4.78, 5) is 14.9. The van der Waals surface area contributed by atoms with E-state index in [4.69, 9.17) is 4.74 Å². The van der Waals surface area contributed by atoms with Crippen molar-refractivity contribution in [2.24, 2.45) is 5.92 Å². The molecule has 0 saturated heterocycles. The van der Waals surface area contributed by atoms with Crippen molar-refractivity contribution in [1.29, 1.82) is 0 Å². The summed E-state index contributed by atoms with van der Waals surface area (Å²) in [7, 11) is 0. The lowest BCUT2D eigenvalue weighted by atomic mass is 10.1. The van der Waals surface area contributed by atoms with Gasteiger partial charge in [-0.1, -0.05) is 30.3 Å². The Kier molecular flexibility index (Phi) is 3.27. The van der Waals surface area contributed by atoms with Crippen LogP contribution in [0, 0.1) is 5.92 Å². The fourth-order valence-electron chi connectivity index (χ4n) is 2.21. The van der Waals surface area contributed by atoms with Gasteiger partial charge in [0.2, 0.25) is 0 Å². The second-order valence-electron chi connectivity index (χ2n) is 4.87. The predicted molar refractivity (Wildman–Crippen MR) is 71.9 cm³/mol. The fraction of sp³-hybridized carbons (Fsp3) is 0.250. The maximum Gasteiger partial charge on any atom is 0.138 e. The highest BCUT2D eigenvalue weighted by molar-refractivity contribution is 5.61. The lowest BCUT2D eigenvalue weighted by molar-refractivity contribution is -0.108. The number of nitrogens with zero attached hydrogens (tertiary/aromatic N) is 1. The highest BCUT2D eigenvalue weighted by Crippen LogP contribution is 2.46. The zero-order valence-electron chi connectivity index (χ0n) is 10.5. The molecule has 96 valence electrons. The molecule has 1 heterocycles. The molecule has 1 aliphatic carbocycles. The first-order valence-electron chi connectivity index (χ1n) is 6.44. The van der Waals surface area contributed by atoms with E-state index in [1.165, 1.54) is 0 Å². The highest BCUT2D eigenvalue weighted by Gasteiger charge is 2.38. The van der Waals surface area contributed by atoms with E-state index >= 15 is 0 Å². The number of rotatable bonds is 5. The first-order chi connectivity index (χ1) is 9.36. The number of pyridine rings is 1. The Morgan fingerprint density at radius 3 is 2.84 bits per heavy atom. The molecule has 2 aromatic rings. The van der Waals surface area contributed by atoms with Crippen molar-refractivity contribution in [2.75, 3.05) is 0 Å². The maximum atomic E-state index is 10.7. The third kappa shape index (κ3) is 2.81. The first-order valence-corrected chi connectivity index (χ1v) is 6.44. The molecule has 19 heavy (non-hydrogen) atoms. The van der Waals surface area contributed by atoms with Gasteiger partial charge in [0.15, 0.2) is 0 Å². The Balaban J connectivity index is 1.65. The zero-order chi connectivity index (χ0) is 13.1. The summed E-state index contributed by atoms with van der Waals surface area (Å²) < 4.78 is 5.73. The number of carbonyl (C=O) groups is 1. The first kappa shape index (κ1) is 11.9. The molecule has 2 atom stereocenters. The molecule has 0 aliphatic heterocycles. The van der Waals surface area contributed by atoms with Crippen molar-refractivity contribution >= 4 is 6.29 Å². The number of benzene rings is 1. The number of aromatic nitrogens is 1. The van der Waals surface area contributed by atoms with Crippen LogP contribution in [0.3, 0.4) is 0 Å². The van der Waals surface area contributed by atoms with E-state index in [1.54, 1.807) is 6.20 Å². The van der Waals surface area contributed by atoms with Crippen LogP contribution in [-0.4, -0.2) is 11.3 Å². The predicted octanol–water partition coefficient (Wildman–Crippen LogP) is 2.96. The largest absolute Gasteiger partial charge is 0.487 e. The summed E-state index contributed by atoms with van der Waals surface area (Å²) in [5, 5.41) is 0. The van der Waals surface area contributed by atoms with Gasteiger partial charge in [0.1, 0.15) is 18.6 Å². The third-order valence-corrected chi connectivity index (χ3v) is 3.43. The van der Waals surface area contributed by atoms with Gasteiger partial charge >= 0.3 is 0 Å². The molecule has 3 heteroatoms. The van der Waals surface area contributed by atoms with Crippen LogP contribution in [0.1, 0.15) is 23.5 Å². The van der Waals surface area contributed by atoms with E-state index in [2.05, 4.69) is 4.98 Å². The SMILES string of the molecule is O=C[C@@H]1C[C@@H]1c1cncc(OCc2ccccc2)c1. The van der Waals surface area contributed by atoms with Gasteiger partial charge in [0.25, 0.3) is 0 Å². The van der Waals surface area contributed by atoms with Crippen LogP contribution >= 0.6 is 0 Å². The molecule has 3 rings (SSSR count). The molecule has 0 N–H and O–H groups in total. The van der Waals surface area contributed by atoms with Crippen LogP contribution < -0.4 is 4.74 Å². The summed E-state index contributed by atoms with van der Waals surface area (Å²) in [6.07, 6.45) is 5.50. The normalized spacial score (nSPS) is 20.8. The van der Waals surface area contributed by atoms with Crippen LogP contribution in [-0.2, 0) is 11.4 Å². The van der Waals surface area contributed by atoms with Gasteiger partial charge in [-0.3, -0.25) is 4.98 Å². The molecule has 0 bridgehead atoms. The Hall–Kier alpha value is -2.16. The Morgan fingerprint density at radius 1 is 1.26 bits per heavy atom. The standard InChI is InChI=1S/C16H15NO2/c18-10-14-7-16(14)13-6-15(9-17-8-13)19-11-12-4-2-1-3-5-12/h1-6,8-10,14,16H,7,11H2/t14-,16+/m0/s1. The number of hydrogen-bond acceptors (Lipinski definition) is 3. The van der Waals surface area contributed by atoms with Crippen molar-refractivity contribution in [2.45, 2.75) is 18.9 Å². The average Bonchev–Trinajstić information content (AvgIpc) is 3.26. The van der Waals surface area contributed by atoms with Crippen molar-refractivity contribution in [3.8, 4) is 5.75 Å². The van der Waals surface area contributed by atoms with E-state index in [0.717, 1.165) is 29.6 Å². The molecular weight excluding hydrogens is 238 g/mol. The van der Waals surface area contributed by atoms with Gasteiger partial charge in [-0.15, -0.1) is 0 Å². The van der Waals surface area contributed by atoms with Crippen molar-refractivity contribution in [3.05, 3.63) is 59.9 Å². The molecular formula is C16H15NO2. The van der Waals surface area contributed by atoms with Gasteiger partial charge in [-0.05, 0) is 29.5 Å². The Morgan fingerprint density at radius 2 is 2.11 bits per heavy atom. The molecule has 1 saturated carbocycles. The van der Waals surface area contributed by atoms with Crippen LogP contribution in [0.5, 0.6) is 5.75 Å². The quantitative estimate of drug-likeness (QED) is 0.769. The minimum Gasteiger partial charge on any atom is -0.487 e. The van der Waals surface area contributed by atoms with Gasteiger partial charge in [0, 0.05) is 12.1 Å². The molecule has 0 unspecified atom stereocenters. The molecule has 0 spiro atoms. The Bertz CT molecular complexity index is 568. The van der Waals surface area contributed by atoms with Gasteiger partial charge in [-0.2, -0.15) is 0 Å². The van der Waals surface area contributed by atoms with Crippen molar-refractivity contribution < 1.29 is 9.53 Å². The minimum absolute atomic E-state index is 0.172. The number of ether oxygens (including phenoxy) is 1. The summed E-state index contributed by atoms with van der Waals surface area (Å²) >= 11 is 0. The molecule has 3 nitrogen and oxygen atoms in total. The number of aldehydes is 1. The molecule has 1 aromatic carbocycles. The van der Waals surface area contributed by atoms with E-state index in [-0.39, 0.29) is 5.92 Å². The van der Waals surface area contributed by atoms with Crippen molar-refractivity contribution in [3.63, 3.8) is 0 Å². The summed E-state index contributed by atoms with van der Waals surface area (Å²) in [6.45, 7) is 0.535. The van der Waals surface area contributed by atoms with Crippen LogP contribution in [0.4, 0.5) is 0 Å². The fourth-order valence-corrected chi connectivity index (χ4v) is 2.21. The van der Waals surface area contributed by atoms with Gasteiger partial charge < -0.3 is 9.53 Å². The van der Waals surface area contributed by atoms with E-state index in [0.29, 0.717) is 12.5 Å². The highest BCUT2D eigenvalue weighted by atomic mass is 16.5. The van der Waals surface area contributed by atoms with Gasteiger partial charge in [0.05, 0.1) is 6.20 Å². The Labute approximate surface area is 112 Å². The van der Waals surface area contributed by atoms with E-state index < -0.39 is 0 Å². The van der Waals surface area contributed by atoms with Crippen molar-refractivity contribution in [1.82, 2.24) is 4.98 Å². The molecule has 1 aliphatic rings. The lowest BCUT2D eigenvalue weighted by Crippen LogP contribution is -1.96. The molecule has 0 radical (unpaired) electrons. The summed E-state index contributed by atoms with van der Waals surface area (Å²) in [6, 6.07) is 12.0. The minimum atomic E-state index is 0.172. The van der Waals surface area contributed by atoms with E-state index in [1.807, 2.05) is 42.6 Å². The summed E-state index contributed by atoms with van der Waals surface area (Å²) in [5.74, 6) is 1.27. The maximum absolute atomic E-state index is 10.7. The monoisotopic (exact) mass is 253 g/mol. The summed E-state index contributed by atoms with van der Waals surface area (Å²) in [5.41, 5.74) is 2.23. The van der Waals surface area contributed by atoms with Crippen LogP contribution in [0.25, 0.3) is 0 Å². The second kappa shape index (κ2) is 5.22.